The molecule has 0 aliphatic heterocycles. The van der Waals surface area contributed by atoms with E-state index in [1.807, 2.05) is 6.92 Å². The number of hydrogen-bond acceptors (Lipinski definition) is 5. The molecule has 0 aliphatic carbocycles. The van der Waals surface area contributed by atoms with E-state index in [0.717, 1.165) is 6.42 Å². The van der Waals surface area contributed by atoms with E-state index in [2.05, 4.69) is 9.44 Å². The van der Waals surface area contributed by atoms with Gasteiger partial charge in [0.2, 0.25) is 20.0 Å². The predicted octanol–water partition coefficient (Wildman–Crippen LogP) is 0.854. The zero-order chi connectivity index (χ0) is 16.8. The van der Waals surface area contributed by atoms with Crippen molar-refractivity contribution in [2.75, 3.05) is 17.0 Å². The Hall–Kier alpha value is -1.16. The number of benzene rings is 1. The van der Waals surface area contributed by atoms with Gasteiger partial charge >= 0.3 is 0 Å². The Morgan fingerprint density at radius 2 is 1.73 bits per heavy atom. The third-order valence-electron chi connectivity index (χ3n) is 2.91. The van der Waals surface area contributed by atoms with Crippen LogP contribution in [-0.2, 0) is 20.0 Å². The highest BCUT2D eigenvalue weighted by molar-refractivity contribution is 7.92. The molecule has 0 unspecified atom stereocenters. The summed E-state index contributed by atoms with van der Waals surface area (Å²) in [5, 5.41) is 0. The fourth-order valence-corrected chi connectivity index (χ4v) is 4.17. The smallest absolute Gasteiger partial charge is 0.240 e. The molecule has 0 spiro atoms. The average molecular weight is 349 g/mol. The Morgan fingerprint density at radius 1 is 1.14 bits per heavy atom. The predicted molar refractivity (Wildman–Crippen MR) is 87.6 cm³/mol. The van der Waals surface area contributed by atoms with Gasteiger partial charge in [-0.05, 0) is 37.6 Å². The summed E-state index contributed by atoms with van der Waals surface area (Å²) in [4.78, 5) is 0.0595. The number of unbranched alkanes of at least 4 members (excludes halogenated alkanes) is 1. The maximum Gasteiger partial charge on any atom is 0.240 e. The molecule has 0 saturated carbocycles. The fraction of sp³-hybridized carbons (Fsp3) is 0.538. The summed E-state index contributed by atoms with van der Waals surface area (Å²) in [6.45, 7) is 3.76. The third kappa shape index (κ3) is 5.91. The van der Waals surface area contributed by atoms with Crippen molar-refractivity contribution < 1.29 is 16.8 Å². The van der Waals surface area contributed by atoms with Crippen LogP contribution in [0.5, 0.6) is 0 Å². The molecule has 0 saturated heterocycles. The Morgan fingerprint density at radius 3 is 2.23 bits per heavy atom. The van der Waals surface area contributed by atoms with Gasteiger partial charge in [0.15, 0.2) is 0 Å². The first-order valence-corrected chi connectivity index (χ1v) is 10.2. The Kier molecular flexibility index (Phi) is 6.79. The van der Waals surface area contributed by atoms with Crippen molar-refractivity contribution in [1.29, 1.82) is 0 Å². The van der Waals surface area contributed by atoms with Gasteiger partial charge in [-0.25, -0.2) is 21.6 Å². The van der Waals surface area contributed by atoms with Gasteiger partial charge in [-0.1, -0.05) is 13.3 Å². The number of sulfonamides is 2. The van der Waals surface area contributed by atoms with Gasteiger partial charge < -0.3 is 5.73 Å². The van der Waals surface area contributed by atoms with Crippen molar-refractivity contribution in [3.63, 3.8) is 0 Å². The molecular weight excluding hydrogens is 326 g/mol. The second-order valence-corrected chi connectivity index (χ2v) is 8.61. The molecular formula is C13H23N3O4S2. The topological polar surface area (TPSA) is 118 Å². The lowest BCUT2D eigenvalue weighted by Gasteiger charge is -2.12. The quantitative estimate of drug-likeness (QED) is 0.611. The fourth-order valence-electron chi connectivity index (χ4n) is 1.65. The molecule has 0 fully saturated rings. The summed E-state index contributed by atoms with van der Waals surface area (Å²) >= 11 is 0. The first-order chi connectivity index (χ1) is 10.2. The summed E-state index contributed by atoms with van der Waals surface area (Å²) in [5.74, 6) is 0.0408. The normalized spacial score (nSPS) is 13.8. The first kappa shape index (κ1) is 18.9. The molecule has 1 aromatic rings. The molecule has 1 atom stereocenters. The molecule has 4 N–H and O–H groups in total. The summed E-state index contributed by atoms with van der Waals surface area (Å²) in [6.07, 6.45) is 1.35. The number of anilines is 1. The van der Waals surface area contributed by atoms with Crippen molar-refractivity contribution >= 4 is 25.7 Å². The molecule has 1 rings (SSSR count). The van der Waals surface area contributed by atoms with E-state index >= 15 is 0 Å². The van der Waals surface area contributed by atoms with E-state index in [9.17, 15) is 16.8 Å². The number of nitrogens with one attached hydrogen (secondary N) is 2. The van der Waals surface area contributed by atoms with Crippen LogP contribution >= 0.6 is 0 Å². The second kappa shape index (κ2) is 7.91. The van der Waals surface area contributed by atoms with Crippen LogP contribution in [0.3, 0.4) is 0 Å². The molecule has 7 nitrogen and oxygen atoms in total. The molecule has 9 heteroatoms. The summed E-state index contributed by atoms with van der Waals surface area (Å²) < 4.78 is 52.5. The lowest BCUT2D eigenvalue weighted by molar-refractivity contribution is 0.562. The number of hydrogen-bond donors (Lipinski definition) is 3. The van der Waals surface area contributed by atoms with Crippen LogP contribution in [0.2, 0.25) is 0 Å². The van der Waals surface area contributed by atoms with Crippen molar-refractivity contribution in [2.45, 2.75) is 37.6 Å². The lowest BCUT2D eigenvalue weighted by atomic mass is 10.3. The van der Waals surface area contributed by atoms with E-state index in [4.69, 9.17) is 5.73 Å². The molecule has 22 heavy (non-hydrogen) atoms. The Balaban J connectivity index is 2.83. The molecule has 0 radical (unpaired) electrons. The molecule has 0 aromatic heterocycles. The highest BCUT2D eigenvalue weighted by atomic mass is 32.2. The van der Waals surface area contributed by atoms with Crippen molar-refractivity contribution in [2.24, 2.45) is 5.73 Å². The Bertz CT molecular complexity index is 670. The molecule has 1 aromatic carbocycles. The largest absolute Gasteiger partial charge is 0.329 e. The minimum Gasteiger partial charge on any atom is -0.329 e. The Labute approximate surface area is 132 Å². The first-order valence-electron chi connectivity index (χ1n) is 7.03. The van der Waals surface area contributed by atoms with Gasteiger partial charge in [0.1, 0.15) is 0 Å². The second-order valence-electron chi connectivity index (χ2n) is 5.06. The van der Waals surface area contributed by atoms with E-state index in [1.165, 1.54) is 24.3 Å². The molecule has 0 heterocycles. The molecule has 0 aliphatic rings. The zero-order valence-electron chi connectivity index (χ0n) is 12.7. The monoisotopic (exact) mass is 349 g/mol. The van der Waals surface area contributed by atoms with Gasteiger partial charge in [0.25, 0.3) is 0 Å². The minimum absolute atomic E-state index is 0.0408. The van der Waals surface area contributed by atoms with E-state index in [-0.39, 0.29) is 23.2 Å². The summed E-state index contributed by atoms with van der Waals surface area (Å²) in [6, 6.07) is 5.17. The highest BCUT2D eigenvalue weighted by Gasteiger charge is 2.17. The molecule has 126 valence electrons. The number of nitrogens with two attached hydrogens (primary N) is 1. The number of rotatable bonds is 9. The lowest BCUT2D eigenvalue weighted by Crippen LogP contribution is -2.37. The van der Waals surface area contributed by atoms with E-state index in [1.54, 1.807) is 6.92 Å². The van der Waals surface area contributed by atoms with Crippen LogP contribution in [0.15, 0.2) is 29.2 Å². The van der Waals surface area contributed by atoms with Crippen LogP contribution in [0.4, 0.5) is 5.69 Å². The average Bonchev–Trinajstić information content (AvgIpc) is 2.44. The zero-order valence-corrected chi connectivity index (χ0v) is 14.4. The van der Waals surface area contributed by atoms with Crippen LogP contribution in [0.1, 0.15) is 26.7 Å². The van der Waals surface area contributed by atoms with Crippen LogP contribution in [0, 0.1) is 0 Å². The van der Waals surface area contributed by atoms with Crippen molar-refractivity contribution in [3.05, 3.63) is 24.3 Å². The van der Waals surface area contributed by atoms with Gasteiger partial charge in [-0.3, -0.25) is 4.72 Å². The van der Waals surface area contributed by atoms with Gasteiger partial charge in [-0.2, -0.15) is 0 Å². The third-order valence-corrected chi connectivity index (χ3v) is 5.89. The van der Waals surface area contributed by atoms with Gasteiger partial charge in [0, 0.05) is 18.3 Å². The SMILES string of the molecule is CCCCS(=O)(=O)Nc1ccc(S(=O)(=O)N[C@@H](C)CN)cc1. The van der Waals surface area contributed by atoms with Crippen LogP contribution < -0.4 is 15.2 Å². The highest BCUT2D eigenvalue weighted by Crippen LogP contribution is 2.16. The maximum absolute atomic E-state index is 12.0. The summed E-state index contributed by atoms with van der Waals surface area (Å²) in [7, 11) is -7.05. The van der Waals surface area contributed by atoms with E-state index in [0.29, 0.717) is 12.1 Å². The molecule has 0 bridgehead atoms. The minimum atomic E-state index is -3.65. The van der Waals surface area contributed by atoms with Crippen molar-refractivity contribution in [3.8, 4) is 0 Å². The van der Waals surface area contributed by atoms with Crippen molar-refractivity contribution in [1.82, 2.24) is 4.72 Å². The van der Waals surface area contributed by atoms with Gasteiger partial charge in [-0.15, -0.1) is 0 Å². The summed E-state index contributed by atoms with van der Waals surface area (Å²) in [5.41, 5.74) is 5.72. The van der Waals surface area contributed by atoms with E-state index < -0.39 is 20.0 Å². The standard InChI is InChI=1S/C13H23N3O4S2/c1-3-4-9-21(17,18)16-12-5-7-13(8-6-12)22(19,20)15-11(2)10-14/h5-8,11,15-16H,3-4,9-10,14H2,1-2H3/t11-/m0/s1. The van der Waals surface area contributed by atoms with Crippen LogP contribution in [-0.4, -0.2) is 35.2 Å². The van der Waals surface area contributed by atoms with Crippen LogP contribution in [0.25, 0.3) is 0 Å². The molecule has 0 amide bonds. The van der Waals surface area contributed by atoms with Gasteiger partial charge in [0.05, 0.1) is 10.6 Å². The maximum atomic E-state index is 12.0.